The molecule has 0 amide bonds. The van der Waals surface area contributed by atoms with Gasteiger partial charge in [0.2, 0.25) is 0 Å². The van der Waals surface area contributed by atoms with Gasteiger partial charge in [-0.25, -0.2) is 0 Å². The first-order valence-corrected chi connectivity index (χ1v) is 6.69. The minimum atomic E-state index is 0.283. The van der Waals surface area contributed by atoms with Gasteiger partial charge in [0.1, 0.15) is 4.99 Å². The van der Waals surface area contributed by atoms with Crippen molar-refractivity contribution in [2.75, 3.05) is 25.1 Å². The van der Waals surface area contributed by atoms with Gasteiger partial charge < -0.3 is 15.7 Å². The first-order chi connectivity index (χ1) is 8.56. The maximum atomic E-state index is 8.73. The Hall–Kier alpha value is -1.13. The smallest absolute Gasteiger partial charge is 0.104 e. The number of aliphatic hydroxyl groups is 1. The Morgan fingerprint density at radius 2 is 2.06 bits per heavy atom. The standard InChI is InChI=1S/C14H22N2OS/c1-11-10-12(6-7-13(11)14(15)18)16(2)8-4-3-5-9-17/h6-7,10,17H,3-5,8-9H2,1-2H3,(H2,15,18). The molecule has 0 spiro atoms. The molecule has 0 aromatic heterocycles. The highest BCUT2D eigenvalue weighted by molar-refractivity contribution is 7.80. The lowest BCUT2D eigenvalue weighted by molar-refractivity contribution is 0.283. The van der Waals surface area contributed by atoms with Gasteiger partial charge in [0.15, 0.2) is 0 Å². The molecular weight excluding hydrogens is 244 g/mol. The number of unbranched alkanes of at least 4 members (excludes halogenated alkanes) is 2. The topological polar surface area (TPSA) is 49.5 Å². The fourth-order valence-electron chi connectivity index (χ4n) is 1.93. The summed E-state index contributed by atoms with van der Waals surface area (Å²) >= 11 is 5.00. The van der Waals surface area contributed by atoms with E-state index in [9.17, 15) is 0 Å². The minimum absolute atomic E-state index is 0.283. The van der Waals surface area contributed by atoms with E-state index in [-0.39, 0.29) is 6.61 Å². The van der Waals surface area contributed by atoms with E-state index in [1.807, 2.05) is 19.1 Å². The summed E-state index contributed by atoms with van der Waals surface area (Å²) in [7, 11) is 2.08. The molecule has 100 valence electrons. The summed E-state index contributed by atoms with van der Waals surface area (Å²) in [5.74, 6) is 0. The highest BCUT2D eigenvalue weighted by atomic mass is 32.1. The minimum Gasteiger partial charge on any atom is -0.396 e. The van der Waals surface area contributed by atoms with Crippen molar-refractivity contribution >= 4 is 22.9 Å². The van der Waals surface area contributed by atoms with Gasteiger partial charge in [-0.15, -0.1) is 0 Å². The Labute approximate surface area is 115 Å². The van der Waals surface area contributed by atoms with Crippen molar-refractivity contribution in [1.82, 2.24) is 0 Å². The molecule has 4 heteroatoms. The molecule has 3 N–H and O–H groups in total. The van der Waals surface area contributed by atoms with Gasteiger partial charge >= 0.3 is 0 Å². The van der Waals surface area contributed by atoms with Crippen LogP contribution in [0.4, 0.5) is 5.69 Å². The molecule has 1 aromatic rings. The van der Waals surface area contributed by atoms with Crippen LogP contribution in [-0.4, -0.2) is 30.3 Å². The van der Waals surface area contributed by atoms with Crippen LogP contribution in [0.3, 0.4) is 0 Å². The van der Waals surface area contributed by atoms with Crippen LogP contribution < -0.4 is 10.6 Å². The fraction of sp³-hybridized carbons (Fsp3) is 0.500. The van der Waals surface area contributed by atoms with E-state index in [4.69, 9.17) is 23.1 Å². The lowest BCUT2D eigenvalue weighted by atomic mass is 10.1. The summed E-state index contributed by atoms with van der Waals surface area (Å²) in [4.78, 5) is 2.66. The number of aliphatic hydroxyl groups excluding tert-OH is 1. The number of rotatable bonds is 7. The zero-order valence-corrected chi connectivity index (χ0v) is 12.0. The molecule has 0 fully saturated rings. The number of thiocarbonyl (C=S) groups is 1. The van der Waals surface area contributed by atoms with Crippen LogP contribution in [-0.2, 0) is 0 Å². The van der Waals surface area contributed by atoms with E-state index < -0.39 is 0 Å². The van der Waals surface area contributed by atoms with Gasteiger partial charge in [0.25, 0.3) is 0 Å². The summed E-state index contributed by atoms with van der Waals surface area (Å²) in [6, 6.07) is 6.14. The van der Waals surface area contributed by atoms with Crippen LogP contribution in [0.1, 0.15) is 30.4 Å². The van der Waals surface area contributed by atoms with Gasteiger partial charge in [0, 0.05) is 31.5 Å². The Balaban J connectivity index is 2.61. The monoisotopic (exact) mass is 266 g/mol. The van der Waals surface area contributed by atoms with Crippen LogP contribution in [0.5, 0.6) is 0 Å². The Kier molecular flexibility index (Phi) is 6.09. The van der Waals surface area contributed by atoms with E-state index >= 15 is 0 Å². The van der Waals surface area contributed by atoms with Crippen LogP contribution in [0.25, 0.3) is 0 Å². The molecule has 3 nitrogen and oxygen atoms in total. The molecule has 0 atom stereocenters. The molecular formula is C14H22N2OS. The normalized spacial score (nSPS) is 10.4. The van der Waals surface area contributed by atoms with E-state index in [1.54, 1.807) is 0 Å². The molecule has 0 saturated heterocycles. The molecule has 0 bridgehead atoms. The quantitative estimate of drug-likeness (QED) is 0.587. The third-order valence-corrected chi connectivity index (χ3v) is 3.29. The van der Waals surface area contributed by atoms with Crippen molar-refractivity contribution in [1.29, 1.82) is 0 Å². The van der Waals surface area contributed by atoms with Crippen LogP contribution in [0.15, 0.2) is 18.2 Å². The third-order valence-electron chi connectivity index (χ3n) is 3.07. The third kappa shape index (κ3) is 4.27. The summed E-state index contributed by atoms with van der Waals surface area (Å²) in [6.07, 6.45) is 3.03. The number of benzene rings is 1. The van der Waals surface area contributed by atoms with Gasteiger partial charge in [-0.05, 0) is 49.9 Å². The van der Waals surface area contributed by atoms with Crippen molar-refractivity contribution in [3.8, 4) is 0 Å². The summed E-state index contributed by atoms with van der Waals surface area (Å²) < 4.78 is 0. The predicted molar refractivity (Wildman–Crippen MR) is 81.3 cm³/mol. The second-order valence-electron chi connectivity index (χ2n) is 4.57. The van der Waals surface area contributed by atoms with Crippen LogP contribution >= 0.6 is 12.2 Å². The Morgan fingerprint density at radius 3 is 2.61 bits per heavy atom. The predicted octanol–water partition coefficient (Wildman–Crippen LogP) is 2.23. The SMILES string of the molecule is Cc1cc(N(C)CCCCCO)ccc1C(N)=S. The molecule has 1 aromatic carbocycles. The lowest BCUT2D eigenvalue weighted by Gasteiger charge is -2.20. The van der Waals surface area contributed by atoms with Crippen molar-refractivity contribution < 1.29 is 5.11 Å². The zero-order valence-electron chi connectivity index (χ0n) is 11.1. The average molecular weight is 266 g/mol. The van der Waals surface area contributed by atoms with Crippen molar-refractivity contribution in [2.45, 2.75) is 26.2 Å². The second kappa shape index (κ2) is 7.34. The molecule has 0 saturated carbocycles. The highest BCUT2D eigenvalue weighted by Crippen LogP contribution is 2.18. The average Bonchev–Trinajstić information content (AvgIpc) is 2.33. The molecule has 0 heterocycles. The van der Waals surface area contributed by atoms with E-state index in [1.165, 1.54) is 5.69 Å². The summed E-state index contributed by atoms with van der Waals surface area (Å²) in [6.45, 7) is 3.30. The van der Waals surface area contributed by atoms with E-state index in [2.05, 4.69) is 18.0 Å². The van der Waals surface area contributed by atoms with Gasteiger partial charge in [-0.1, -0.05) is 12.2 Å². The van der Waals surface area contributed by atoms with Crippen molar-refractivity contribution in [3.05, 3.63) is 29.3 Å². The van der Waals surface area contributed by atoms with E-state index in [0.29, 0.717) is 4.99 Å². The fourth-order valence-corrected chi connectivity index (χ4v) is 2.16. The molecule has 0 unspecified atom stereocenters. The Bertz CT molecular complexity index is 407. The first-order valence-electron chi connectivity index (χ1n) is 6.28. The zero-order chi connectivity index (χ0) is 13.5. The molecule has 18 heavy (non-hydrogen) atoms. The van der Waals surface area contributed by atoms with Crippen LogP contribution in [0.2, 0.25) is 0 Å². The molecule has 0 radical (unpaired) electrons. The molecule has 0 aliphatic rings. The summed E-state index contributed by atoms with van der Waals surface area (Å²) in [5.41, 5.74) is 8.89. The Morgan fingerprint density at radius 1 is 1.33 bits per heavy atom. The maximum absolute atomic E-state index is 8.73. The van der Waals surface area contributed by atoms with Crippen LogP contribution in [0, 0.1) is 6.92 Å². The number of nitrogens with zero attached hydrogens (tertiary/aromatic N) is 1. The van der Waals surface area contributed by atoms with Gasteiger partial charge in [-0.3, -0.25) is 0 Å². The number of anilines is 1. The first kappa shape index (κ1) is 14.9. The second-order valence-corrected chi connectivity index (χ2v) is 5.01. The van der Waals surface area contributed by atoms with Gasteiger partial charge in [0.05, 0.1) is 0 Å². The summed E-state index contributed by atoms with van der Waals surface area (Å²) in [5, 5.41) is 8.73. The van der Waals surface area contributed by atoms with Crippen molar-refractivity contribution in [2.24, 2.45) is 5.73 Å². The molecule has 0 aliphatic heterocycles. The number of hydrogen-bond donors (Lipinski definition) is 2. The largest absolute Gasteiger partial charge is 0.396 e. The maximum Gasteiger partial charge on any atom is 0.104 e. The highest BCUT2D eigenvalue weighted by Gasteiger charge is 2.05. The number of hydrogen-bond acceptors (Lipinski definition) is 3. The van der Waals surface area contributed by atoms with E-state index in [0.717, 1.165) is 36.9 Å². The molecule has 0 aliphatic carbocycles. The molecule has 1 rings (SSSR count). The lowest BCUT2D eigenvalue weighted by Crippen LogP contribution is -2.19. The number of aryl methyl sites for hydroxylation is 1. The van der Waals surface area contributed by atoms with Gasteiger partial charge in [-0.2, -0.15) is 0 Å². The van der Waals surface area contributed by atoms with Crippen molar-refractivity contribution in [3.63, 3.8) is 0 Å². The number of nitrogens with two attached hydrogens (primary N) is 1.